The summed E-state index contributed by atoms with van der Waals surface area (Å²) < 4.78 is 0. The number of rotatable bonds is 9. The molecule has 22 heavy (non-hydrogen) atoms. The topological polar surface area (TPSA) is 55.1 Å². The van der Waals surface area contributed by atoms with Crippen molar-refractivity contribution in [2.24, 2.45) is 5.73 Å². The van der Waals surface area contributed by atoms with Crippen molar-refractivity contribution in [1.29, 1.82) is 0 Å². The van der Waals surface area contributed by atoms with E-state index in [-0.39, 0.29) is 5.91 Å². The summed E-state index contributed by atoms with van der Waals surface area (Å²) in [6.45, 7) is 9.42. The van der Waals surface area contributed by atoms with Gasteiger partial charge in [-0.25, -0.2) is 0 Å². The van der Waals surface area contributed by atoms with Gasteiger partial charge in [0.2, 0.25) is 5.91 Å². The zero-order chi connectivity index (χ0) is 16.5. The Bertz CT molecular complexity index is 440. The van der Waals surface area contributed by atoms with E-state index in [0.29, 0.717) is 18.3 Å². The molecule has 0 unspecified atom stereocenters. The van der Waals surface area contributed by atoms with Crippen molar-refractivity contribution in [2.75, 3.05) is 11.9 Å². The zero-order valence-corrected chi connectivity index (χ0v) is 14.6. The van der Waals surface area contributed by atoms with Gasteiger partial charge in [0.25, 0.3) is 0 Å². The molecule has 3 heteroatoms. The molecule has 0 aliphatic carbocycles. The number of benzene rings is 1. The van der Waals surface area contributed by atoms with Gasteiger partial charge in [0.05, 0.1) is 0 Å². The Morgan fingerprint density at radius 3 is 2.05 bits per heavy atom. The molecule has 0 fully saturated rings. The lowest BCUT2D eigenvalue weighted by atomic mass is 9.92. The van der Waals surface area contributed by atoms with Crippen LogP contribution in [0.5, 0.6) is 0 Å². The van der Waals surface area contributed by atoms with Crippen LogP contribution in [-0.2, 0) is 4.79 Å². The highest BCUT2D eigenvalue weighted by Gasteiger charge is 2.15. The second kappa shape index (κ2) is 9.62. The molecule has 0 bridgehead atoms. The number of carbonyl (C=O) groups excluding carboxylic acids is 1. The largest absolute Gasteiger partial charge is 0.330 e. The molecule has 1 rings (SSSR count). The van der Waals surface area contributed by atoms with Crippen LogP contribution in [-0.4, -0.2) is 12.5 Å². The molecule has 124 valence electrons. The van der Waals surface area contributed by atoms with E-state index in [2.05, 4.69) is 51.2 Å². The van der Waals surface area contributed by atoms with Crippen LogP contribution < -0.4 is 11.1 Å². The van der Waals surface area contributed by atoms with Gasteiger partial charge in [0.1, 0.15) is 0 Å². The first-order chi connectivity index (χ1) is 10.5. The lowest BCUT2D eigenvalue weighted by Crippen LogP contribution is -2.15. The van der Waals surface area contributed by atoms with Crippen molar-refractivity contribution in [2.45, 2.75) is 71.6 Å². The number of nitrogens with one attached hydrogen (secondary N) is 1. The number of anilines is 1. The molecule has 1 aromatic rings. The van der Waals surface area contributed by atoms with Crippen LogP contribution in [0, 0.1) is 0 Å². The highest BCUT2D eigenvalue weighted by Crippen LogP contribution is 2.32. The number of unbranched alkanes of at least 4 members (excludes halogenated alkanes) is 3. The summed E-state index contributed by atoms with van der Waals surface area (Å²) in [5.41, 5.74) is 8.96. The van der Waals surface area contributed by atoms with E-state index < -0.39 is 0 Å². The first-order valence-corrected chi connectivity index (χ1v) is 8.60. The predicted molar refractivity (Wildman–Crippen MR) is 95.4 cm³/mol. The number of carbonyl (C=O) groups is 1. The van der Waals surface area contributed by atoms with Crippen LogP contribution >= 0.6 is 0 Å². The van der Waals surface area contributed by atoms with E-state index in [1.807, 2.05) is 0 Å². The number of hydrogen-bond acceptors (Lipinski definition) is 2. The third kappa shape index (κ3) is 5.80. The Labute approximate surface area is 135 Å². The summed E-state index contributed by atoms with van der Waals surface area (Å²) in [5.74, 6) is 0.930. The van der Waals surface area contributed by atoms with Gasteiger partial charge in [-0.05, 0) is 42.3 Å². The summed E-state index contributed by atoms with van der Waals surface area (Å²) in [7, 11) is 0. The van der Waals surface area contributed by atoms with E-state index in [4.69, 9.17) is 5.73 Å². The number of para-hydroxylation sites is 1. The molecule has 0 atom stereocenters. The third-order valence-electron chi connectivity index (χ3n) is 4.00. The molecule has 0 radical (unpaired) electrons. The molecule has 0 aliphatic heterocycles. The molecule has 3 N–H and O–H groups in total. The standard InChI is InChI=1S/C19H32N2O/c1-14(2)16-10-9-11-17(15(3)4)19(16)21-18(22)12-7-5-6-8-13-20/h9-11,14-15H,5-8,12-13,20H2,1-4H3,(H,21,22). The van der Waals surface area contributed by atoms with E-state index in [1.54, 1.807) is 0 Å². The average Bonchev–Trinajstić information content (AvgIpc) is 2.46. The predicted octanol–water partition coefficient (Wildman–Crippen LogP) is 4.78. The fraction of sp³-hybridized carbons (Fsp3) is 0.632. The maximum Gasteiger partial charge on any atom is 0.224 e. The minimum absolute atomic E-state index is 0.128. The van der Waals surface area contributed by atoms with Gasteiger partial charge in [-0.3, -0.25) is 4.79 Å². The van der Waals surface area contributed by atoms with Crippen LogP contribution in [0.15, 0.2) is 18.2 Å². The molecule has 3 nitrogen and oxygen atoms in total. The van der Waals surface area contributed by atoms with Crippen LogP contribution in [0.25, 0.3) is 0 Å². The molecule has 0 heterocycles. The number of hydrogen-bond donors (Lipinski definition) is 2. The molecular weight excluding hydrogens is 272 g/mol. The highest BCUT2D eigenvalue weighted by molar-refractivity contribution is 5.92. The monoisotopic (exact) mass is 304 g/mol. The number of amides is 1. The van der Waals surface area contributed by atoms with Crippen LogP contribution in [0.3, 0.4) is 0 Å². The number of nitrogens with two attached hydrogens (primary N) is 1. The minimum Gasteiger partial charge on any atom is -0.330 e. The molecule has 0 saturated heterocycles. The molecule has 0 aromatic heterocycles. The summed E-state index contributed by atoms with van der Waals surface area (Å²) in [5, 5.41) is 3.17. The van der Waals surface area contributed by atoms with Crippen molar-refractivity contribution >= 4 is 11.6 Å². The van der Waals surface area contributed by atoms with Crippen LogP contribution in [0.2, 0.25) is 0 Å². The summed E-state index contributed by atoms with van der Waals surface area (Å²) in [6, 6.07) is 6.33. The van der Waals surface area contributed by atoms with Gasteiger partial charge in [-0.15, -0.1) is 0 Å². The minimum atomic E-state index is 0.128. The van der Waals surface area contributed by atoms with Crippen molar-refractivity contribution in [3.8, 4) is 0 Å². The van der Waals surface area contributed by atoms with E-state index in [1.165, 1.54) is 11.1 Å². The fourth-order valence-corrected chi connectivity index (χ4v) is 2.68. The second-order valence-corrected chi connectivity index (χ2v) is 6.62. The molecule has 1 aromatic carbocycles. The molecule has 0 aliphatic rings. The van der Waals surface area contributed by atoms with Gasteiger partial charge in [-0.1, -0.05) is 58.7 Å². The highest BCUT2D eigenvalue weighted by atomic mass is 16.1. The maximum atomic E-state index is 12.3. The quantitative estimate of drug-likeness (QED) is 0.645. The van der Waals surface area contributed by atoms with Crippen molar-refractivity contribution in [3.05, 3.63) is 29.3 Å². The SMILES string of the molecule is CC(C)c1cccc(C(C)C)c1NC(=O)CCCCCCN. The van der Waals surface area contributed by atoms with Gasteiger partial charge < -0.3 is 11.1 Å². The van der Waals surface area contributed by atoms with E-state index in [0.717, 1.165) is 37.9 Å². The zero-order valence-electron chi connectivity index (χ0n) is 14.6. The molecule has 0 spiro atoms. The van der Waals surface area contributed by atoms with Crippen LogP contribution in [0.1, 0.15) is 82.8 Å². The van der Waals surface area contributed by atoms with Gasteiger partial charge in [0.15, 0.2) is 0 Å². The third-order valence-corrected chi connectivity index (χ3v) is 4.00. The Morgan fingerprint density at radius 1 is 1.00 bits per heavy atom. The van der Waals surface area contributed by atoms with Gasteiger partial charge >= 0.3 is 0 Å². The van der Waals surface area contributed by atoms with Crippen molar-refractivity contribution < 1.29 is 4.79 Å². The molecular formula is C19H32N2O. The Morgan fingerprint density at radius 2 is 1.55 bits per heavy atom. The smallest absolute Gasteiger partial charge is 0.224 e. The van der Waals surface area contributed by atoms with E-state index in [9.17, 15) is 4.79 Å². The van der Waals surface area contributed by atoms with Crippen molar-refractivity contribution in [3.63, 3.8) is 0 Å². The Balaban J connectivity index is 2.72. The van der Waals surface area contributed by atoms with Crippen molar-refractivity contribution in [1.82, 2.24) is 0 Å². The van der Waals surface area contributed by atoms with Crippen LogP contribution in [0.4, 0.5) is 5.69 Å². The lowest BCUT2D eigenvalue weighted by molar-refractivity contribution is -0.116. The summed E-state index contributed by atoms with van der Waals surface area (Å²) >= 11 is 0. The second-order valence-electron chi connectivity index (χ2n) is 6.62. The fourth-order valence-electron chi connectivity index (χ4n) is 2.68. The summed E-state index contributed by atoms with van der Waals surface area (Å²) in [4.78, 5) is 12.3. The summed E-state index contributed by atoms with van der Waals surface area (Å²) in [6.07, 6.45) is 4.77. The Kier molecular flexibility index (Phi) is 8.18. The maximum absolute atomic E-state index is 12.3. The van der Waals surface area contributed by atoms with Gasteiger partial charge in [-0.2, -0.15) is 0 Å². The molecule has 1 amide bonds. The molecule has 0 saturated carbocycles. The van der Waals surface area contributed by atoms with Gasteiger partial charge in [0, 0.05) is 12.1 Å². The first kappa shape index (κ1) is 18.7. The van der Waals surface area contributed by atoms with E-state index >= 15 is 0 Å². The first-order valence-electron chi connectivity index (χ1n) is 8.60. The Hall–Kier alpha value is -1.35. The normalized spacial score (nSPS) is 11.2. The lowest BCUT2D eigenvalue weighted by Gasteiger charge is -2.20. The average molecular weight is 304 g/mol.